The molecular formula is C8H13N3O2. The Bertz CT molecular complexity index is 258. The molecule has 0 aliphatic rings. The van der Waals surface area contributed by atoms with Crippen molar-refractivity contribution in [1.29, 1.82) is 0 Å². The lowest BCUT2D eigenvalue weighted by Gasteiger charge is -2.07. The Labute approximate surface area is 76.3 Å². The minimum atomic E-state index is -0.160. The van der Waals surface area contributed by atoms with Gasteiger partial charge in [-0.15, -0.1) is 0 Å². The highest BCUT2D eigenvalue weighted by Gasteiger charge is 2.10. The molecule has 0 aromatic carbocycles. The molecule has 1 amide bonds. The average molecular weight is 183 g/mol. The third kappa shape index (κ3) is 2.87. The summed E-state index contributed by atoms with van der Waals surface area (Å²) in [5.41, 5.74) is 6.03. The van der Waals surface area contributed by atoms with Gasteiger partial charge >= 0.3 is 0 Å². The summed E-state index contributed by atoms with van der Waals surface area (Å²) in [5, 5.41) is 6.35. The number of carbonyl (C=O) groups excluding carboxylic acids is 1. The number of rotatable bonds is 4. The minimum absolute atomic E-state index is 0.0644. The van der Waals surface area contributed by atoms with Crippen molar-refractivity contribution in [3.63, 3.8) is 0 Å². The number of hydrogen-bond donors (Lipinski definition) is 2. The first kappa shape index (κ1) is 9.73. The van der Waals surface area contributed by atoms with Crippen LogP contribution in [0.4, 0.5) is 0 Å². The first-order chi connectivity index (χ1) is 6.24. The lowest BCUT2D eigenvalue weighted by molar-refractivity contribution is -0.124. The molecule has 0 bridgehead atoms. The molecule has 13 heavy (non-hydrogen) atoms. The van der Waals surface area contributed by atoms with Crippen molar-refractivity contribution < 1.29 is 9.32 Å². The van der Waals surface area contributed by atoms with Crippen molar-refractivity contribution in [2.75, 3.05) is 6.54 Å². The SMILES string of the molecule is CC(CN)C(=O)NCc1ccon1. The standard InChI is InChI=1S/C8H13N3O2/c1-6(4-9)8(12)10-5-7-2-3-13-11-7/h2-3,6H,4-5,9H2,1H3,(H,10,12). The Morgan fingerprint density at radius 2 is 2.62 bits per heavy atom. The molecule has 1 unspecified atom stereocenters. The maximum Gasteiger partial charge on any atom is 0.224 e. The highest BCUT2D eigenvalue weighted by molar-refractivity contribution is 5.78. The molecule has 1 atom stereocenters. The lowest BCUT2D eigenvalue weighted by atomic mass is 10.2. The fourth-order valence-corrected chi connectivity index (χ4v) is 0.788. The number of amides is 1. The Kier molecular flexibility index (Phi) is 3.45. The van der Waals surface area contributed by atoms with Crippen LogP contribution in [0.3, 0.4) is 0 Å². The second kappa shape index (κ2) is 4.61. The molecule has 1 aromatic heterocycles. The van der Waals surface area contributed by atoms with Crippen molar-refractivity contribution in [3.05, 3.63) is 18.0 Å². The zero-order valence-electron chi connectivity index (χ0n) is 7.49. The molecule has 1 aromatic rings. The molecule has 0 spiro atoms. The Morgan fingerprint density at radius 3 is 3.15 bits per heavy atom. The van der Waals surface area contributed by atoms with Gasteiger partial charge in [-0.25, -0.2) is 0 Å². The van der Waals surface area contributed by atoms with Crippen LogP contribution < -0.4 is 11.1 Å². The third-order valence-electron chi connectivity index (χ3n) is 1.74. The van der Waals surface area contributed by atoms with Gasteiger partial charge in [0.25, 0.3) is 0 Å². The third-order valence-corrected chi connectivity index (χ3v) is 1.74. The highest BCUT2D eigenvalue weighted by atomic mass is 16.5. The Balaban J connectivity index is 2.31. The van der Waals surface area contributed by atoms with E-state index < -0.39 is 0 Å². The topological polar surface area (TPSA) is 81.2 Å². The van der Waals surface area contributed by atoms with E-state index >= 15 is 0 Å². The second-order valence-electron chi connectivity index (χ2n) is 2.85. The molecule has 3 N–H and O–H groups in total. The number of aromatic nitrogens is 1. The van der Waals surface area contributed by atoms with Crippen molar-refractivity contribution >= 4 is 5.91 Å². The van der Waals surface area contributed by atoms with Gasteiger partial charge < -0.3 is 15.6 Å². The lowest BCUT2D eigenvalue weighted by Crippen LogP contribution is -2.32. The molecule has 0 saturated carbocycles. The van der Waals surface area contributed by atoms with Gasteiger partial charge in [0, 0.05) is 18.5 Å². The van der Waals surface area contributed by atoms with Crippen LogP contribution >= 0.6 is 0 Å². The van der Waals surface area contributed by atoms with Crippen molar-refractivity contribution in [1.82, 2.24) is 10.5 Å². The molecule has 0 aliphatic carbocycles. The zero-order chi connectivity index (χ0) is 9.68. The van der Waals surface area contributed by atoms with E-state index in [4.69, 9.17) is 5.73 Å². The molecule has 72 valence electrons. The summed E-state index contributed by atoms with van der Waals surface area (Å²) in [7, 11) is 0. The van der Waals surface area contributed by atoms with E-state index in [1.54, 1.807) is 13.0 Å². The molecular weight excluding hydrogens is 170 g/mol. The number of nitrogens with two attached hydrogens (primary N) is 1. The number of nitrogens with one attached hydrogen (secondary N) is 1. The van der Waals surface area contributed by atoms with Crippen molar-refractivity contribution in [3.8, 4) is 0 Å². The summed E-state index contributed by atoms with van der Waals surface area (Å²) in [6, 6.07) is 1.70. The average Bonchev–Trinajstić information content (AvgIpc) is 2.65. The van der Waals surface area contributed by atoms with Gasteiger partial charge in [0.15, 0.2) is 0 Å². The second-order valence-corrected chi connectivity index (χ2v) is 2.85. The predicted molar refractivity (Wildman–Crippen MR) is 46.6 cm³/mol. The van der Waals surface area contributed by atoms with E-state index in [-0.39, 0.29) is 11.8 Å². The Morgan fingerprint density at radius 1 is 1.85 bits per heavy atom. The predicted octanol–water partition coefficient (Wildman–Crippen LogP) is -0.114. The van der Waals surface area contributed by atoms with Crippen LogP contribution in [-0.4, -0.2) is 17.6 Å². The molecule has 5 nitrogen and oxygen atoms in total. The molecule has 0 radical (unpaired) electrons. The van der Waals surface area contributed by atoms with E-state index in [2.05, 4.69) is 15.0 Å². The van der Waals surface area contributed by atoms with Gasteiger partial charge in [0.05, 0.1) is 6.54 Å². The summed E-state index contributed by atoms with van der Waals surface area (Å²) in [6.45, 7) is 2.52. The van der Waals surface area contributed by atoms with Crippen LogP contribution in [0, 0.1) is 5.92 Å². The normalized spacial score (nSPS) is 12.5. The smallest absolute Gasteiger partial charge is 0.224 e. The monoisotopic (exact) mass is 183 g/mol. The van der Waals surface area contributed by atoms with Gasteiger partial charge in [-0.3, -0.25) is 4.79 Å². The van der Waals surface area contributed by atoms with Gasteiger partial charge in [-0.2, -0.15) is 0 Å². The molecule has 1 rings (SSSR count). The van der Waals surface area contributed by atoms with Gasteiger partial charge in [0.1, 0.15) is 12.0 Å². The molecule has 1 heterocycles. The van der Waals surface area contributed by atoms with E-state index in [0.717, 1.165) is 0 Å². The van der Waals surface area contributed by atoms with E-state index in [1.165, 1.54) is 6.26 Å². The summed E-state index contributed by atoms with van der Waals surface area (Å²) < 4.78 is 4.61. The zero-order valence-corrected chi connectivity index (χ0v) is 7.49. The molecule has 0 saturated heterocycles. The minimum Gasteiger partial charge on any atom is -0.364 e. The highest BCUT2D eigenvalue weighted by Crippen LogP contribution is 1.95. The molecule has 0 aliphatic heterocycles. The summed E-state index contributed by atoms with van der Waals surface area (Å²) in [6.07, 6.45) is 1.47. The molecule has 5 heteroatoms. The maximum atomic E-state index is 11.2. The maximum absolute atomic E-state index is 11.2. The first-order valence-electron chi connectivity index (χ1n) is 4.11. The summed E-state index contributed by atoms with van der Waals surface area (Å²) in [5.74, 6) is -0.225. The van der Waals surface area contributed by atoms with E-state index in [9.17, 15) is 4.79 Å². The van der Waals surface area contributed by atoms with E-state index in [0.29, 0.717) is 18.8 Å². The first-order valence-corrected chi connectivity index (χ1v) is 4.11. The number of nitrogens with zero attached hydrogens (tertiary/aromatic N) is 1. The quantitative estimate of drug-likeness (QED) is 0.682. The van der Waals surface area contributed by atoms with Crippen LogP contribution in [0.25, 0.3) is 0 Å². The Hall–Kier alpha value is -1.36. The van der Waals surface area contributed by atoms with Crippen LogP contribution in [-0.2, 0) is 11.3 Å². The van der Waals surface area contributed by atoms with Crippen LogP contribution in [0.15, 0.2) is 16.9 Å². The number of hydrogen-bond acceptors (Lipinski definition) is 4. The van der Waals surface area contributed by atoms with Gasteiger partial charge in [0.2, 0.25) is 5.91 Å². The molecule has 0 fully saturated rings. The van der Waals surface area contributed by atoms with E-state index in [1.807, 2.05) is 0 Å². The van der Waals surface area contributed by atoms with Crippen LogP contribution in [0.1, 0.15) is 12.6 Å². The summed E-state index contributed by atoms with van der Waals surface area (Å²) >= 11 is 0. The van der Waals surface area contributed by atoms with Gasteiger partial charge in [-0.05, 0) is 0 Å². The fraction of sp³-hybridized carbons (Fsp3) is 0.500. The van der Waals surface area contributed by atoms with Crippen LogP contribution in [0.5, 0.6) is 0 Å². The van der Waals surface area contributed by atoms with Gasteiger partial charge in [-0.1, -0.05) is 12.1 Å². The largest absolute Gasteiger partial charge is 0.364 e. The fourth-order valence-electron chi connectivity index (χ4n) is 0.788. The van der Waals surface area contributed by atoms with Crippen molar-refractivity contribution in [2.24, 2.45) is 11.7 Å². The number of carbonyl (C=O) groups is 1. The summed E-state index contributed by atoms with van der Waals surface area (Å²) in [4.78, 5) is 11.2. The van der Waals surface area contributed by atoms with Crippen molar-refractivity contribution in [2.45, 2.75) is 13.5 Å². The van der Waals surface area contributed by atoms with Crippen LogP contribution in [0.2, 0.25) is 0 Å².